The summed E-state index contributed by atoms with van der Waals surface area (Å²) in [6, 6.07) is 10.3. The molecule has 0 unspecified atom stereocenters. The molecule has 0 fully saturated rings. The molecule has 0 saturated carbocycles. The van der Waals surface area contributed by atoms with Gasteiger partial charge in [0.1, 0.15) is 11.5 Å². The molecule has 3 heterocycles. The number of nitrogens with one attached hydrogen (secondary N) is 1. The van der Waals surface area contributed by atoms with Gasteiger partial charge >= 0.3 is 6.03 Å². The maximum absolute atomic E-state index is 13.3. The van der Waals surface area contributed by atoms with E-state index >= 15 is 0 Å². The highest BCUT2D eigenvalue weighted by Crippen LogP contribution is 2.38. The molecule has 0 radical (unpaired) electrons. The van der Waals surface area contributed by atoms with E-state index < -0.39 is 6.04 Å². The number of nitrogens with zero attached hydrogens (tertiary/aromatic N) is 3. The van der Waals surface area contributed by atoms with Crippen molar-refractivity contribution in [3.05, 3.63) is 65.1 Å². The summed E-state index contributed by atoms with van der Waals surface area (Å²) in [6.45, 7) is 0.918. The number of carbonyl (C=O) groups is 2. The van der Waals surface area contributed by atoms with Crippen LogP contribution in [0.15, 0.2) is 53.9 Å². The summed E-state index contributed by atoms with van der Waals surface area (Å²) in [6.07, 6.45) is 2.39. The number of aromatic nitrogens is 1. The third kappa shape index (κ3) is 3.56. The van der Waals surface area contributed by atoms with E-state index in [1.165, 1.54) is 4.90 Å². The lowest BCUT2D eigenvalue weighted by atomic mass is 9.95. The van der Waals surface area contributed by atoms with E-state index in [4.69, 9.17) is 9.47 Å². The number of urea groups is 1. The zero-order valence-electron chi connectivity index (χ0n) is 17.2. The van der Waals surface area contributed by atoms with Crippen molar-refractivity contribution < 1.29 is 19.1 Å². The Morgan fingerprint density at radius 3 is 2.50 bits per heavy atom. The second-order valence-corrected chi connectivity index (χ2v) is 7.25. The summed E-state index contributed by atoms with van der Waals surface area (Å²) in [5, 5.41) is 2.94. The zero-order chi connectivity index (χ0) is 21.3. The van der Waals surface area contributed by atoms with Crippen LogP contribution in [0.2, 0.25) is 0 Å². The fourth-order valence-electron chi connectivity index (χ4n) is 3.85. The van der Waals surface area contributed by atoms with Crippen LogP contribution >= 0.6 is 0 Å². The van der Waals surface area contributed by atoms with E-state index in [1.54, 1.807) is 38.4 Å². The lowest BCUT2D eigenvalue weighted by Gasteiger charge is -2.31. The molecule has 2 aliphatic rings. The van der Waals surface area contributed by atoms with Crippen molar-refractivity contribution in [3.63, 3.8) is 0 Å². The number of carbonyl (C=O) groups excluding carboxylic acids is 2. The van der Waals surface area contributed by atoms with E-state index in [2.05, 4.69) is 10.3 Å². The van der Waals surface area contributed by atoms with Gasteiger partial charge in [-0.15, -0.1) is 0 Å². The molecule has 8 heteroatoms. The number of amides is 3. The number of ether oxygens (including phenoxy) is 2. The fourth-order valence-corrected chi connectivity index (χ4v) is 3.85. The zero-order valence-corrected chi connectivity index (χ0v) is 17.2. The Bertz CT molecular complexity index is 983. The van der Waals surface area contributed by atoms with Crippen LogP contribution in [0.1, 0.15) is 17.3 Å². The Kier molecular flexibility index (Phi) is 5.31. The molecular weight excluding hydrogens is 384 g/mol. The average Bonchev–Trinajstić information content (AvgIpc) is 3.11. The molecule has 3 amide bonds. The number of rotatable bonds is 6. The van der Waals surface area contributed by atoms with Gasteiger partial charge in [0, 0.05) is 38.0 Å². The molecule has 4 rings (SSSR count). The molecule has 0 bridgehead atoms. The molecule has 0 saturated heterocycles. The predicted molar refractivity (Wildman–Crippen MR) is 110 cm³/mol. The Morgan fingerprint density at radius 1 is 1.13 bits per heavy atom. The van der Waals surface area contributed by atoms with Crippen molar-refractivity contribution in [2.45, 2.75) is 12.5 Å². The maximum Gasteiger partial charge on any atom is 0.322 e. The minimum atomic E-state index is -0.569. The molecule has 156 valence electrons. The summed E-state index contributed by atoms with van der Waals surface area (Å²) in [7, 11) is 4.82. The molecule has 2 aromatic rings. The lowest BCUT2D eigenvalue weighted by Crippen LogP contribution is -2.45. The van der Waals surface area contributed by atoms with Gasteiger partial charge in [0.15, 0.2) is 0 Å². The van der Waals surface area contributed by atoms with Crippen LogP contribution < -0.4 is 14.8 Å². The Labute approximate surface area is 175 Å². The van der Waals surface area contributed by atoms with Crippen LogP contribution in [0.3, 0.4) is 0 Å². The van der Waals surface area contributed by atoms with Crippen molar-refractivity contribution in [2.75, 3.05) is 34.4 Å². The molecule has 30 heavy (non-hydrogen) atoms. The third-order valence-corrected chi connectivity index (χ3v) is 5.51. The SMILES string of the molecule is COc1cc(OC)cc([C@@H]2NC(=O)N(C)C3=C2C(=O)N(CCc2ccccn2)C3)c1. The van der Waals surface area contributed by atoms with E-state index in [9.17, 15) is 9.59 Å². The van der Waals surface area contributed by atoms with Gasteiger partial charge in [-0.1, -0.05) is 6.07 Å². The molecule has 1 aromatic heterocycles. The first-order valence-electron chi connectivity index (χ1n) is 9.71. The van der Waals surface area contributed by atoms with Crippen molar-refractivity contribution in [3.8, 4) is 11.5 Å². The van der Waals surface area contributed by atoms with Crippen LogP contribution in [-0.2, 0) is 11.2 Å². The number of pyridine rings is 1. The van der Waals surface area contributed by atoms with Crippen LogP contribution in [0, 0.1) is 0 Å². The first kappa shape index (κ1) is 19.8. The molecule has 1 aromatic carbocycles. The highest BCUT2D eigenvalue weighted by Gasteiger charge is 2.42. The first-order chi connectivity index (χ1) is 14.5. The van der Waals surface area contributed by atoms with Crippen LogP contribution in [0.4, 0.5) is 4.79 Å². The van der Waals surface area contributed by atoms with E-state index in [0.29, 0.717) is 36.6 Å². The molecule has 0 aliphatic carbocycles. The summed E-state index contributed by atoms with van der Waals surface area (Å²) >= 11 is 0. The normalized spacial score (nSPS) is 18.4. The number of hydrogen-bond acceptors (Lipinski definition) is 5. The van der Waals surface area contributed by atoms with Crippen LogP contribution in [0.25, 0.3) is 0 Å². The quantitative estimate of drug-likeness (QED) is 0.792. The molecule has 1 atom stereocenters. The summed E-state index contributed by atoms with van der Waals surface area (Å²) in [4.78, 5) is 33.5. The van der Waals surface area contributed by atoms with Gasteiger partial charge in [0.2, 0.25) is 0 Å². The predicted octanol–water partition coefficient (Wildman–Crippen LogP) is 2.13. The van der Waals surface area contributed by atoms with Crippen LogP contribution in [0.5, 0.6) is 11.5 Å². The first-order valence-corrected chi connectivity index (χ1v) is 9.71. The van der Waals surface area contributed by atoms with Crippen LogP contribution in [-0.4, -0.2) is 61.1 Å². The summed E-state index contributed by atoms with van der Waals surface area (Å²) in [5.41, 5.74) is 2.96. The maximum atomic E-state index is 13.3. The Hall–Kier alpha value is -3.55. The number of benzene rings is 1. The van der Waals surface area contributed by atoms with E-state index in [0.717, 1.165) is 17.0 Å². The number of hydrogen-bond donors (Lipinski definition) is 1. The summed E-state index contributed by atoms with van der Waals surface area (Å²) in [5.74, 6) is 1.11. The minimum absolute atomic E-state index is 0.0837. The monoisotopic (exact) mass is 408 g/mol. The van der Waals surface area contributed by atoms with Crippen molar-refractivity contribution in [1.29, 1.82) is 0 Å². The Balaban J connectivity index is 1.64. The summed E-state index contributed by atoms with van der Waals surface area (Å²) < 4.78 is 10.7. The molecular formula is C22H24N4O4. The lowest BCUT2D eigenvalue weighted by molar-refractivity contribution is -0.125. The van der Waals surface area contributed by atoms with Gasteiger partial charge in [-0.05, 0) is 29.8 Å². The largest absolute Gasteiger partial charge is 0.497 e. The second kappa shape index (κ2) is 8.06. The van der Waals surface area contributed by atoms with Gasteiger partial charge in [-0.3, -0.25) is 14.7 Å². The Morgan fingerprint density at radius 2 is 1.87 bits per heavy atom. The number of likely N-dealkylation sites (N-methyl/N-ethyl adjacent to an activating group) is 1. The van der Waals surface area contributed by atoms with Crippen molar-refractivity contribution in [1.82, 2.24) is 20.1 Å². The molecule has 1 N–H and O–H groups in total. The smallest absolute Gasteiger partial charge is 0.322 e. The van der Waals surface area contributed by atoms with Crippen molar-refractivity contribution >= 4 is 11.9 Å². The molecule has 2 aliphatic heterocycles. The van der Waals surface area contributed by atoms with Gasteiger partial charge in [-0.25, -0.2) is 4.79 Å². The topological polar surface area (TPSA) is 84.0 Å². The fraction of sp³-hybridized carbons (Fsp3) is 0.318. The average molecular weight is 408 g/mol. The highest BCUT2D eigenvalue weighted by molar-refractivity contribution is 6.01. The standard InChI is InChI=1S/C22H24N4O4/c1-25-18-13-26(9-7-15-6-4-5-8-23-15)21(27)19(18)20(24-22(25)28)14-10-16(29-2)12-17(11-14)30-3/h4-6,8,10-12,20H,7,9,13H2,1-3H3,(H,24,28)/t20-/m0/s1. The molecule has 0 spiro atoms. The van der Waals surface area contributed by atoms with Gasteiger partial charge in [0.25, 0.3) is 5.91 Å². The van der Waals surface area contributed by atoms with Gasteiger partial charge in [0.05, 0.1) is 38.1 Å². The molecule has 8 nitrogen and oxygen atoms in total. The van der Waals surface area contributed by atoms with Gasteiger partial charge in [-0.2, -0.15) is 0 Å². The minimum Gasteiger partial charge on any atom is -0.497 e. The highest BCUT2D eigenvalue weighted by atomic mass is 16.5. The number of methoxy groups -OCH3 is 2. The van der Waals surface area contributed by atoms with E-state index in [-0.39, 0.29) is 11.9 Å². The van der Waals surface area contributed by atoms with E-state index in [1.807, 2.05) is 30.3 Å². The van der Waals surface area contributed by atoms with Crippen molar-refractivity contribution in [2.24, 2.45) is 0 Å². The second-order valence-electron chi connectivity index (χ2n) is 7.25. The van der Waals surface area contributed by atoms with Gasteiger partial charge < -0.3 is 19.7 Å². The third-order valence-electron chi connectivity index (χ3n) is 5.51.